The predicted molar refractivity (Wildman–Crippen MR) is 58.3 cm³/mol. The molecule has 0 saturated carbocycles. The van der Waals surface area contributed by atoms with Crippen LogP contribution >= 0.6 is 0 Å². The Bertz CT molecular complexity index is 469. The van der Waals surface area contributed by atoms with E-state index < -0.39 is 11.9 Å². The van der Waals surface area contributed by atoms with Crippen LogP contribution in [0.1, 0.15) is 5.69 Å². The average molecular weight is 233 g/mol. The third-order valence-electron chi connectivity index (χ3n) is 2.65. The smallest absolute Gasteiger partial charge is 0.311 e. The van der Waals surface area contributed by atoms with Gasteiger partial charge in [0.25, 0.3) is 0 Å². The van der Waals surface area contributed by atoms with E-state index in [1.54, 1.807) is 12.1 Å². The second kappa shape index (κ2) is 4.80. The van der Waals surface area contributed by atoms with Crippen LogP contribution in [-0.2, 0) is 9.53 Å². The predicted octanol–water partition coefficient (Wildman–Crippen LogP) is 0.465. The second-order valence-electron chi connectivity index (χ2n) is 3.74. The first-order valence-electron chi connectivity index (χ1n) is 5.14. The van der Waals surface area contributed by atoms with Gasteiger partial charge in [0.1, 0.15) is 12.0 Å². The number of anilines is 1. The number of nitrogens with one attached hydrogen (secondary N) is 1. The van der Waals surface area contributed by atoms with Gasteiger partial charge in [-0.1, -0.05) is 0 Å². The van der Waals surface area contributed by atoms with Crippen molar-refractivity contribution in [1.29, 1.82) is 5.26 Å². The summed E-state index contributed by atoms with van der Waals surface area (Å²) in [4.78, 5) is 14.9. The number of nitriles is 1. The fourth-order valence-corrected chi connectivity index (χ4v) is 1.75. The van der Waals surface area contributed by atoms with Gasteiger partial charge in [0.2, 0.25) is 0 Å². The molecule has 1 saturated heterocycles. The summed E-state index contributed by atoms with van der Waals surface area (Å²) in [5.74, 6) is -1.50. The number of ether oxygens (including phenoxy) is 1. The van der Waals surface area contributed by atoms with Gasteiger partial charge >= 0.3 is 5.97 Å². The number of aliphatic carboxylic acids is 1. The van der Waals surface area contributed by atoms with Gasteiger partial charge in [-0.25, -0.2) is 4.98 Å². The van der Waals surface area contributed by atoms with Gasteiger partial charge in [-0.3, -0.25) is 4.79 Å². The lowest BCUT2D eigenvalue weighted by atomic mass is 10.0. The molecule has 6 heteroatoms. The van der Waals surface area contributed by atoms with Crippen molar-refractivity contribution in [2.45, 2.75) is 6.04 Å². The van der Waals surface area contributed by atoms with Crippen LogP contribution in [0.4, 0.5) is 5.69 Å². The van der Waals surface area contributed by atoms with Gasteiger partial charge in [-0.2, -0.15) is 5.26 Å². The van der Waals surface area contributed by atoms with Crippen LogP contribution in [0.3, 0.4) is 0 Å². The van der Waals surface area contributed by atoms with E-state index in [0.29, 0.717) is 12.3 Å². The minimum absolute atomic E-state index is 0.190. The highest BCUT2D eigenvalue weighted by molar-refractivity contribution is 5.72. The number of nitrogens with zero attached hydrogens (tertiary/aromatic N) is 2. The Labute approximate surface area is 97.8 Å². The molecule has 17 heavy (non-hydrogen) atoms. The van der Waals surface area contributed by atoms with Crippen LogP contribution in [0.25, 0.3) is 0 Å². The van der Waals surface area contributed by atoms with Crippen molar-refractivity contribution >= 4 is 11.7 Å². The molecule has 2 heterocycles. The van der Waals surface area contributed by atoms with Gasteiger partial charge in [-0.15, -0.1) is 0 Å². The third kappa shape index (κ3) is 2.34. The number of carboxylic acids is 1. The molecule has 1 aliphatic rings. The first kappa shape index (κ1) is 11.4. The molecule has 0 spiro atoms. The fraction of sp³-hybridized carbons (Fsp3) is 0.364. The van der Waals surface area contributed by atoms with Gasteiger partial charge in [0.15, 0.2) is 5.69 Å². The molecule has 0 bridgehead atoms. The summed E-state index contributed by atoms with van der Waals surface area (Å²) in [7, 11) is 0. The Kier molecular flexibility index (Phi) is 3.21. The summed E-state index contributed by atoms with van der Waals surface area (Å²) >= 11 is 0. The molecule has 1 fully saturated rings. The van der Waals surface area contributed by atoms with Crippen LogP contribution in [-0.4, -0.2) is 35.3 Å². The first-order chi connectivity index (χ1) is 8.22. The van der Waals surface area contributed by atoms with Crippen molar-refractivity contribution in [3.05, 3.63) is 24.0 Å². The summed E-state index contributed by atoms with van der Waals surface area (Å²) < 4.78 is 5.13. The maximum absolute atomic E-state index is 11.0. The average Bonchev–Trinajstić information content (AvgIpc) is 2.78. The molecule has 6 nitrogen and oxygen atoms in total. The van der Waals surface area contributed by atoms with Gasteiger partial charge in [0, 0.05) is 6.20 Å². The summed E-state index contributed by atoms with van der Waals surface area (Å²) in [5, 5.41) is 20.9. The molecular weight excluding hydrogens is 222 g/mol. The Morgan fingerprint density at radius 1 is 1.65 bits per heavy atom. The van der Waals surface area contributed by atoms with Crippen molar-refractivity contribution in [1.82, 2.24) is 4.98 Å². The monoisotopic (exact) mass is 233 g/mol. The Morgan fingerprint density at radius 2 is 2.47 bits per heavy atom. The third-order valence-corrected chi connectivity index (χ3v) is 2.65. The summed E-state index contributed by atoms with van der Waals surface area (Å²) in [6.07, 6.45) is 1.52. The number of rotatable bonds is 3. The number of carbonyl (C=O) groups is 1. The molecule has 2 unspecified atom stereocenters. The zero-order chi connectivity index (χ0) is 12.3. The Hall–Kier alpha value is -2.13. The van der Waals surface area contributed by atoms with Crippen LogP contribution < -0.4 is 5.32 Å². The van der Waals surface area contributed by atoms with E-state index in [1.807, 2.05) is 6.07 Å². The van der Waals surface area contributed by atoms with Gasteiger partial charge in [0.05, 0.1) is 24.9 Å². The summed E-state index contributed by atoms with van der Waals surface area (Å²) in [6.45, 7) is 0.506. The minimum Gasteiger partial charge on any atom is -0.481 e. The molecule has 2 atom stereocenters. The number of hydrogen-bond acceptors (Lipinski definition) is 5. The lowest BCUT2D eigenvalue weighted by molar-refractivity contribution is -0.141. The van der Waals surface area contributed by atoms with Crippen LogP contribution in [0.2, 0.25) is 0 Å². The zero-order valence-electron chi connectivity index (χ0n) is 8.96. The molecule has 0 amide bonds. The Morgan fingerprint density at radius 3 is 3.18 bits per heavy atom. The molecule has 88 valence electrons. The fourth-order valence-electron chi connectivity index (χ4n) is 1.75. The largest absolute Gasteiger partial charge is 0.481 e. The number of aromatic nitrogens is 1. The van der Waals surface area contributed by atoms with E-state index in [2.05, 4.69) is 10.3 Å². The topological polar surface area (TPSA) is 95.2 Å². The van der Waals surface area contributed by atoms with Gasteiger partial charge < -0.3 is 15.2 Å². The molecule has 1 aromatic rings. The highest BCUT2D eigenvalue weighted by atomic mass is 16.5. The standard InChI is InChI=1S/C11H11N3O3/c12-4-9-8(2-1-3-13-9)14-10-6-17-5-7(10)11(15)16/h1-3,7,10,14H,5-6H2,(H,15,16). The van der Waals surface area contributed by atoms with E-state index in [9.17, 15) is 4.79 Å². The first-order valence-corrected chi connectivity index (χ1v) is 5.14. The summed E-state index contributed by atoms with van der Waals surface area (Å²) in [6, 6.07) is 5.01. The van der Waals surface area contributed by atoms with Crippen molar-refractivity contribution in [3.63, 3.8) is 0 Å². The number of carboxylic acid groups (broad SMARTS) is 1. The molecule has 0 aromatic carbocycles. The van der Waals surface area contributed by atoms with E-state index in [0.717, 1.165) is 0 Å². The van der Waals surface area contributed by atoms with E-state index in [1.165, 1.54) is 6.20 Å². The lowest BCUT2D eigenvalue weighted by Gasteiger charge is -2.17. The van der Waals surface area contributed by atoms with E-state index in [-0.39, 0.29) is 18.3 Å². The van der Waals surface area contributed by atoms with Crippen molar-refractivity contribution in [3.8, 4) is 6.07 Å². The zero-order valence-corrected chi connectivity index (χ0v) is 8.96. The van der Waals surface area contributed by atoms with Crippen LogP contribution in [0.15, 0.2) is 18.3 Å². The molecule has 0 aliphatic carbocycles. The molecule has 0 radical (unpaired) electrons. The number of pyridine rings is 1. The maximum atomic E-state index is 11.0. The van der Waals surface area contributed by atoms with E-state index in [4.69, 9.17) is 15.1 Å². The second-order valence-corrected chi connectivity index (χ2v) is 3.74. The molecule has 2 N–H and O–H groups in total. The van der Waals surface area contributed by atoms with Crippen molar-refractivity contribution < 1.29 is 14.6 Å². The van der Waals surface area contributed by atoms with Crippen LogP contribution in [0, 0.1) is 17.2 Å². The van der Waals surface area contributed by atoms with Crippen molar-refractivity contribution in [2.24, 2.45) is 5.92 Å². The maximum Gasteiger partial charge on any atom is 0.311 e. The minimum atomic E-state index is -0.901. The Balaban J connectivity index is 2.15. The lowest BCUT2D eigenvalue weighted by Crippen LogP contribution is -2.33. The molecule has 1 aliphatic heterocycles. The van der Waals surface area contributed by atoms with Crippen LogP contribution in [0.5, 0.6) is 0 Å². The molecule has 2 rings (SSSR count). The van der Waals surface area contributed by atoms with Gasteiger partial charge in [-0.05, 0) is 12.1 Å². The quantitative estimate of drug-likeness (QED) is 0.787. The summed E-state index contributed by atoms with van der Waals surface area (Å²) in [5.41, 5.74) is 0.792. The number of hydrogen-bond donors (Lipinski definition) is 2. The highest BCUT2D eigenvalue weighted by Crippen LogP contribution is 2.20. The molecular formula is C11H11N3O3. The molecule has 1 aromatic heterocycles. The SMILES string of the molecule is N#Cc1ncccc1NC1COCC1C(=O)O. The normalized spacial score (nSPS) is 23.0. The van der Waals surface area contributed by atoms with E-state index >= 15 is 0 Å². The highest BCUT2D eigenvalue weighted by Gasteiger charge is 2.34. The van der Waals surface area contributed by atoms with Crippen molar-refractivity contribution in [2.75, 3.05) is 18.5 Å².